The zero-order valence-electron chi connectivity index (χ0n) is 9.86. The Morgan fingerprint density at radius 1 is 1.37 bits per heavy atom. The van der Waals surface area contributed by atoms with Crippen LogP contribution in [0.3, 0.4) is 0 Å². The average molecular weight is 305 g/mol. The van der Waals surface area contributed by atoms with E-state index in [1.165, 1.54) is 23.1 Å². The highest BCUT2D eigenvalue weighted by Gasteiger charge is 2.33. The molecule has 0 bridgehead atoms. The van der Waals surface area contributed by atoms with E-state index >= 15 is 0 Å². The van der Waals surface area contributed by atoms with E-state index < -0.39 is 11.9 Å². The Morgan fingerprint density at radius 2 is 2.16 bits per heavy atom. The van der Waals surface area contributed by atoms with Crippen molar-refractivity contribution < 1.29 is 13.2 Å². The quantitative estimate of drug-likeness (QED) is 0.862. The molecule has 0 spiro atoms. The Balaban J connectivity index is 2.34. The van der Waals surface area contributed by atoms with Crippen molar-refractivity contribution in [2.75, 3.05) is 11.9 Å². The number of nitrogens with zero attached hydrogens (tertiary/aromatic N) is 2. The number of alkyl halides is 3. The molecule has 0 saturated heterocycles. The van der Waals surface area contributed by atoms with Crippen LogP contribution in [-0.2, 0) is 6.18 Å². The largest absolute Gasteiger partial charge is 0.433 e. The number of thiophene rings is 1. The second-order valence-electron chi connectivity index (χ2n) is 3.48. The molecule has 2 aromatic rings. The predicted octanol–water partition coefficient (Wildman–Crippen LogP) is 4.14. The van der Waals surface area contributed by atoms with E-state index in [1.54, 1.807) is 6.92 Å². The van der Waals surface area contributed by atoms with Gasteiger partial charge in [0, 0.05) is 12.6 Å². The van der Waals surface area contributed by atoms with E-state index in [0.717, 1.165) is 10.3 Å². The Morgan fingerprint density at radius 3 is 2.74 bits per heavy atom. The molecule has 0 saturated carbocycles. The standard InChI is InChI=1S/C11H10F3N3S2/c1-2-15-10-16-7(11(12,13)14)6-8(17-10)19-9-4-3-5-18-9/h3-6H,2H2,1H3,(H,15,16,17). The van der Waals surface area contributed by atoms with Crippen molar-refractivity contribution in [2.24, 2.45) is 0 Å². The molecule has 3 nitrogen and oxygen atoms in total. The number of aromatic nitrogens is 2. The Bertz CT molecular complexity index is 541. The Kier molecular flexibility index (Phi) is 4.31. The summed E-state index contributed by atoms with van der Waals surface area (Å²) in [4.78, 5) is 7.53. The summed E-state index contributed by atoms with van der Waals surface area (Å²) in [6, 6.07) is 4.63. The second kappa shape index (κ2) is 5.79. The average Bonchev–Trinajstić information content (AvgIpc) is 2.81. The van der Waals surface area contributed by atoms with Gasteiger partial charge in [0.2, 0.25) is 5.95 Å². The topological polar surface area (TPSA) is 37.8 Å². The van der Waals surface area contributed by atoms with Gasteiger partial charge in [-0.3, -0.25) is 0 Å². The minimum Gasteiger partial charge on any atom is -0.354 e. The molecule has 2 aromatic heterocycles. The van der Waals surface area contributed by atoms with Gasteiger partial charge in [-0.05, 0) is 18.4 Å². The molecule has 1 N–H and O–H groups in total. The number of halogens is 3. The molecule has 0 radical (unpaired) electrons. The van der Waals surface area contributed by atoms with Gasteiger partial charge in [0.1, 0.15) is 5.03 Å². The molecule has 0 aliphatic heterocycles. The van der Waals surface area contributed by atoms with Gasteiger partial charge in [0.05, 0.1) is 4.21 Å². The summed E-state index contributed by atoms with van der Waals surface area (Å²) in [7, 11) is 0. The van der Waals surface area contributed by atoms with Gasteiger partial charge in [-0.2, -0.15) is 13.2 Å². The van der Waals surface area contributed by atoms with Crippen molar-refractivity contribution >= 4 is 29.0 Å². The lowest BCUT2D eigenvalue weighted by Gasteiger charge is -2.10. The number of hydrogen-bond acceptors (Lipinski definition) is 5. The Hall–Kier alpha value is -1.28. The first-order valence-electron chi connectivity index (χ1n) is 5.40. The summed E-state index contributed by atoms with van der Waals surface area (Å²) >= 11 is 2.64. The van der Waals surface area contributed by atoms with Crippen molar-refractivity contribution in [3.05, 3.63) is 29.3 Å². The van der Waals surface area contributed by atoms with Gasteiger partial charge in [-0.15, -0.1) is 11.3 Å². The number of nitrogens with one attached hydrogen (secondary N) is 1. The third-order valence-corrected chi connectivity index (χ3v) is 3.98. The van der Waals surface area contributed by atoms with E-state index in [1.807, 2.05) is 17.5 Å². The van der Waals surface area contributed by atoms with E-state index in [-0.39, 0.29) is 11.0 Å². The summed E-state index contributed by atoms with van der Waals surface area (Å²) in [5, 5.41) is 4.85. The fourth-order valence-electron chi connectivity index (χ4n) is 1.28. The molecule has 2 rings (SSSR count). The van der Waals surface area contributed by atoms with E-state index in [2.05, 4.69) is 15.3 Å². The number of anilines is 1. The van der Waals surface area contributed by atoms with Gasteiger partial charge in [0.25, 0.3) is 0 Å². The molecule has 2 heterocycles. The number of rotatable bonds is 4. The van der Waals surface area contributed by atoms with E-state index in [4.69, 9.17) is 0 Å². The maximum atomic E-state index is 12.7. The number of hydrogen-bond donors (Lipinski definition) is 1. The van der Waals surface area contributed by atoms with Gasteiger partial charge in [-0.1, -0.05) is 17.8 Å². The lowest BCUT2D eigenvalue weighted by Crippen LogP contribution is -2.12. The van der Waals surface area contributed by atoms with Crippen LogP contribution in [0.4, 0.5) is 19.1 Å². The molecule has 102 valence electrons. The summed E-state index contributed by atoms with van der Waals surface area (Å²) in [5.41, 5.74) is -0.933. The van der Waals surface area contributed by atoms with Crippen LogP contribution in [0.5, 0.6) is 0 Å². The highest BCUT2D eigenvalue weighted by molar-refractivity contribution is 8.01. The highest BCUT2D eigenvalue weighted by atomic mass is 32.2. The fourth-order valence-corrected chi connectivity index (χ4v) is 3.00. The molecule has 0 atom stereocenters. The van der Waals surface area contributed by atoms with Gasteiger partial charge < -0.3 is 5.32 Å². The van der Waals surface area contributed by atoms with E-state index in [0.29, 0.717) is 6.54 Å². The summed E-state index contributed by atoms with van der Waals surface area (Å²) < 4.78 is 39.1. The van der Waals surface area contributed by atoms with Gasteiger partial charge >= 0.3 is 6.18 Å². The Labute approximate surface area is 116 Å². The minimum atomic E-state index is -4.47. The third kappa shape index (κ3) is 3.84. The van der Waals surface area contributed by atoms with Crippen LogP contribution in [0.1, 0.15) is 12.6 Å². The van der Waals surface area contributed by atoms with Crippen LogP contribution >= 0.6 is 23.1 Å². The summed E-state index contributed by atoms with van der Waals surface area (Å²) in [6.07, 6.45) is -4.47. The van der Waals surface area contributed by atoms with Crippen molar-refractivity contribution in [1.29, 1.82) is 0 Å². The highest BCUT2D eigenvalue weighted by Crippen LogP contribution is 2.34. The third-order valence-electron chi connectivity index (χ3n) is 2.03. The second-order valence-corrected chi connectivity index (χ2v) is 5.75. The van der Waals surface area contributed by atoms with Gasteiger partial charge in [0.15, 0.2) is 5.69 Å². The summed E-state index contributed by atoms with van der Waals surface area (Å²) in [5.74, 6) is -0.00335. The molecule has 0 aliphatic rings. The van der Waals surface area contributed by atoms with Crippen molar-refractivity contribution in [1.82, 2.24) is 9.97 Å². The normalized spacial score (nSPS) is 11.6. The van der Waals surface area contributed by atoms with Crippen LogP contribution in [0.15, 0.2) is 32.8 Å². The summed E-state index contributed by atoms with van der Waals surface area (Å²) in [6.45, 7) is 2.24. The molecule has 19 heavy (non-hydrogen) atoms. The smallest absolute Gasteiger partial charge is 0.354 e. The predicted molar refractivity (Wildman–Crippen MR) is 69.6 cm³/mol. The minimum absolute atomic E-state index is 0.00335. The van der Waals surface area contributed by atoms with Crippen molar-refractivity contribution in [3.8, 4) is 0 Å². The van der Waals surface area contributed by atoms with Crippen molar-refractivity contribution in [3.63, 3.8) is 0 Å². The molecule has 0 unspecified atom stereocenters. The fraction of sp³-hybridized carbons (Fsp3) is 0.273. The van der Waals surface area contributed by atoms with E-state index in [9.17, 15) is 13.2 Å². The first-order valence-corrected chi connectivity index (χ1v) is 7.10. The zero-order chi connectivity index (χ0) is 13.9. The lowest BCUT2D eigenvalue weighted by molar-refractivity contribution is -0.141. The molecular weight excluding hydrogens is 295 g/mol. The lowest BCUT2D eigenvalue weighted by atomic mass is 10.4. The maximum Gasteiger partial charge on any atom is 0.433 e. The molecule has 0 aromatic carbocycles. The first kappa shape index (κ1) is 14.1. The molecule has 8 heteroatoms. The van der Waals surface area contributed by atoms with Crippen LogP contribution in [0.25, 0.3) is 0 Å². The SMILES string of the molecule is CCNc1nc(Sc2cccs2)cc(C(F)(F)F)n1. The molecular formula is C11H10F3N3S2. The van der Waals surface area contributed by atoms with Crippen LogP contribution in [0, 0.1) is 0 Å². The molecule has 0 aliphatic carbocycles. The van der Waals surface area contributed by atoms with Crippen LogP contribution < -0.4 is 5.32 Å². The monoisotopic (exact) mass is 305 g/mol. The maximum absolute atomic E-state index is 12.7. The zero-order valence-corrected chi connectivity index (χ0v) is 11.5. The van der Waals surface area contributed by atoms with Gasteiger partial charge in [-0.25, -0.2) is 9.97 Å². The van der Waals surface area contributed by atoms with Crippen LogP contribution in [-0.4, -0.2) is 16.5 Å². The van der Waals surface area contributed by atoms with Crippen LogP contribution in [0.2, 0.25) is 0 Å². The first-order chi connectivity index (χ1) is 8.99. The molecule has 0 fully saturated rings. The molecule has 0 amide bonds. The van der Waals surface area contributed by atoms with Crippen molar-refractivity contribution in [2.45, 2.75) is 22.3 Å².